The Kier molecular flexibility index (Phi) is 7.02. The second kappa shape index (κ2) is 9.24. The number of hydrogen-bond donors (Lipinski definition) is 3. The summed E-state index contributed by atoms with van der Waals surface area (Å²) < 4.78 is 23.5. The summed E-state index contributed by atoms with van der Waals surface area (Å²) in [5, 5.41) is 16.8. The zero-order chi connectivity index (χ0) is 19.9. The molecule has 0 spiro atoms. The number of carbonyl (C=O) groups is 1. The number of aromatic nitrogens is 3. The Balaban J connectivity index is 1.73. The van der Waals surface area contributed by atoms with Gasteiger partial charge in [0.05, 0.1) is 12.8 Å². The Bertz CT molecular complexity index is 872. The molecule has 0 aliphatic heterocycles. The number of nitrogens with one attached hydrogen (secondary N) is 3. The van der Waals surface area contributed by atoms with Gasteiger partial charge in [-0.15, -0.1) is 10.2 Å². The van der Waals surface area contributed by atoms with Crippen LogP contribution in [0.15, 0.2) is 30.5 Å². The van der Waals surface area contributed by atoms with Gasteiger partial charge in [0.2, 0.25) is 15.9 Å². The van der Waals surface area contributed by atoms with Crippen LogP contribution in [0.4, 0.5) is 17.5 Å². The van der Waals surface area contributed by atoms with E-state index in [4.69, 9.17) is 0 Å². The maximum Gasteiger partial charge on any atom is 0.235 e. The summed E-state index contributed by atoms with van der Waals surface area (Å²) in [6, 6.07) is 7.32. The van der Waals surface area contributed by atoms with Crippen LogP contribution in [0, 0.1) is 6.92 Å². The van der Waals surface area contributed by atoms with Gasteiger partial charge in [0.15, 0.2) is 5.82 Å². The zero-order valence-corrected chi connectivity index (χ0v) is 16.2. The van der Waals surface area contributed by atoms with Gasteiger partial charge in [0.1, 0.15) is 11.6 Å². The standard InChI is InChI=1S/C16H23N7O3S/c1-12-6-7-17-15(10-12)20-14-5-4-13(21-22-14)18-8-9-19-16(24)11-23(2)27(3,25)26/h4-7,10H,8-9,11H2,1-3H3,(H,18,21)(H,19,24)(H,17,20,22). The molecule has 146 valence electrons. The van der Waals surface area contributed by atoms with Crippen molar-refractivity contribution in [1.29, 1.82) is 0 Å². The SMILES string of the molecule is Cc1ccnc(Nc2ccc(NCCNC(=O)CN(C)S(C)(=O)=O)nn2)c1. The molecule has 1 amide bonds. The first-order valence-electron chi connectivity index (χ1n) is 8.19. The lowest BCUT2D eigenvalue weighted by Crippen LogP contribution is -2.39. The third kappa shape index (κ3) is 7.15. The molecule has 0 saturated heterocycles. The molecular weight excluding hydrogens is 370 g/mol. The Hall–Kier alpha value is -2.79. The van der Waals surface area contributed by atoms with Crippen molar-refractivity contribution < 1.29 is 13.2 Å². The molecule has 2 rings (SSSR count). The van der Waals surface area contributed by atoms with Crippen LogP contribution in [0.5, 0.6) is 0 Å². The average Bonchev–Trinajstić information content (AvgIpc) is 2.59. The molecule has 27 heavy (non-hydrogen) atoms. The number of sulfonamides is 1. The van der Waals surface area contributed by atoms with E-state index < -0.39 is 10.0 Å². The van der Waals surface area contributed by atoms with Gasteiger partial charge in [-0.1, -0.05) is 0 Å². The van der Waals surface area contributed by atoms with Crippen LogP contribution in [0.25, 0.3) is 0 Å². The minimum absolute atomic E-state index is 0.216. The third-order valence-electron chi connectivity index (χ3n) is 3.52. The van der Waals surface area contributed by atoms with E-state index in [9.17, 15) is 13.2 Å². The Morgan fingerprint density at radius 2 is 1.81 bits per heavy atom. The molecule has 0 bridgehead atoms. The van der Waals surface area contributed by atoms with E-state index in [1.165, 1.54) is 7.05 Å². The van der Waals surface area contributed by atoms with E-state index in [0.717, 1.165) is 16.1 Å². The zero-order valence-electron chi connectivity index (χ0n) is 15.4. The van der Waals surface area contributed by atoms with E-state index in [1.54, 1.807) is 18.3 Å². The van der Waals surface area contributed by atoms with Gasteiger partial charge in [0, 0.05) is 26.3 Å². The molecule has 0 fully saturated rings. The van der Waals surface area contributed by atoms with Crippen LogP contribution in [-0.4, -0.2) is 66.7 Å². The second-order valence-corrected chi connectivity index (χ2v) is 8.03. The van der Waals surface area contributed by atoms with Gasteiger partial charge in [-0.2, -0.15) is 4.31 Å². The van der Waals surface area contributed by atoms with E-state index in [0.29, 0.717) is 30.5 Å². The Morgan fingerprint density at radius 3 is 2.44 bits per heavy atom. The fraction of sp³-hybridized carbons (Fsp3) is 0.375. The van der Waals surface area contributed by atoms with Crippen LogP contribution >= 0.6 is 0 Å². The van der Waals surface area contributed by atoms with E-state index in [1.807, 2.05) is 19.1 Å². The van der Waals surface area contributed by atoms with Gasteiger partial charge in [0.25, 0.3) is 0 Å². The van der Waals surface area contributed by atoms with Crippen molar-refractivity contribution >= 4 is 33.4 Å². The van der Waals surface area contributed by atoms with E-state index in [2.05, 4.69) is 31.1 Å². The molecule has 0 saturated carbocycles. The number of carbonyl (C=O) groups excluding carboxylic acids is 1. The lowest BCUT2D eigenvalue weighted by atomic mass is 10.3. The summed E-state index contributed by atoms with van der Waals surface area (Å²) >= 11 is 0. The molecule has 11 heteroatoms. The first-order valence-corrected chi connectivity index (χ1v) is 10.0. The summed E-state index contributed by atoms with van der Waals surface area (Å²) in [4.78, 5) is 15.9. The fourth-order valence-corrected chi connectivity index (χ4v) is 2.35. The second-order valence-electron chi connectivity index (χ2n) is 5.94. The lowest BCUT2D eigenvalue weighted by molar-refractivity contribution is -0.121. The molecule has 10 nitrogen and oxygen atoms in total. The smallest absolute Gasteiger partial charge is 0.235 e. The molecule has 0 radical (unpaired) electrons. The molecule has 0 unspecified atom stereocenters. The van der Waals surface area contributed by atoms with Gasteiger partial charge in [-0.25, -0.2) is 13.4 Å². The highest BCUT2D eigenvalue weighted by atomic mass is 32.2. The maximum atomic E-state index is 11.7. The number of amides is 1. The van der Waals surface area contributed by atoms with Crippen LogP contribution in [0.1, 0.15) is 5.56 Å². The number of pyridine rings is 1. The monoisotopic (exact) mass is 393 g/mol. The molecule has 2 heterocycles. The predicted octanol–water partition coefficient (Wildman–Crippen LogP) is 0.343. The lowest BCUT2D eigenvalue weighted by Gasteiger charge is -2.13. The van der Waals surface area contributed by atoms with Crippen molar-refractivity contribution in [1.82, 2.24) is 24.8 Å². The normalized spacial score (nSPS) is 11.3. The number of anilines is 3. The van der Waals surface area contributed by atoms with Crippen LogP contribution in [0.2, 0.25) is 0 Å². The number of nitrogens with zero attached hydrogens (tertiary/aromatic N) is 4. The van der Waals surface area contributed by atoms with Crippen molar-refractivity contribution in [2.45, 2.75) is 6.92 Å². The van der Waals surface area contributed by atoms with Crippen LogP contribution in [0.3, 0.4) is 0 Å². The Morgan fingerprint density at radius 1 is 1.11 bits per heavy atom. The fourth-order valence-electron chi connectivity index (χ4n) is 2.00. The van der Waals surface area contributed by atoms with Crippen molar-refractivity contribution in [2.75, 3.05) is 43.6 Å². The topological polar surface area (TPSA) is 129 Å². The molecule has 0 aromatic carbocycles. The number of hydrogen-bond acceptors (Lipinski definition) is 8. The molecule has 0 aliphatic carbocycles. The average molecular weight is 393 g/mol. The van der Waals surface area contributed by atoms with Gasteiger partial charge in [-0.3, -0.25) is 4.79 Å². The summed E-state index contributed by atoms with van der Waals surface area (Å²) in [6.45, 7) is 2.51. The Labute approximate surface area is 158 Å². The van der Waals surface area contributed by atoms with Crippen molar-refractivity contribution in [3.05, 3.63) is 36.0 Å². The van der Waals surface area contributed by atoms with Gasteiger partial charge in [-0.05, 0) is 36.8 Å². The maximum absolute atomic E-state index is 11.7. The molecule has 0 atom stereocenters. The van der Waals surface area contributed by atoms with Crippen LogP contribution < -0.4 is 16.0 Å². The predicted molar refractivity (Wildman–Crippen MR) is 103 cm³/mol. The first kappa shape index (κ1) is 20.5. The molecular formula is C16H23N7O3S. The number of rotatable bonds is 9. The van der Waals surface area contributed by atoms with Gasteiger partial charge >= 0.3 is 0 Å². The largest absolute Gasteiger partial charge is 0.367 e. The van der Waals surface area contributed by atoms with Crippen molar-refractivity contribution in [3.8, 4) is 0 Å². The number of aryl methyl sites for hydroxylation is 1. The highest BCUT2D eigenvalue weighted by molar-refractivity contribution is 7.88. The van der Waals surface area contributed by atoms with Crippen molar-refractivity contribution in [3.63, 3.8) is 0 Å². The highest BCUT2D eigenvalue weighted by Crippen LogP contribution is 2.13. The van der Waals surface area contributed by atoms with Gasteiger partial charge < -0.3 is 16.0 Å². The summed E-state index contributed by atoms with van der Waals surface area (Å²) in [5.74, 6) is 1.43. The summed E-state index contributed by atoms with van der Waals surface area (Å²) in [5.41, 5.74) is 1.09. The minimum Gasteiger partial charge on any atom is -0.367 e. The quantitative estimate of drug-likeness (QED) is 0.520. The first-order chi connectivity index (χ1) is 12.7. The van der Waals surface area contributed by atoms with E-state index >= 15 is 0 Å². The molecule has 0 aliphatic rings. The molecule has 2 aromatic rings. The summed E-state index contributed by atoms with van der Waals surface area (Å²) in [7, 11) is -2.02. The highest BCUT2D eigenvalue weighted by Gasteiger charge is 2.14. The van der Waals surface area contributed by atoms with E-state index in [-0.39, 0.29) is 12.5 Å². The third-order valence-corrected chi connectivity index (χ3v) is 4.78. The summed E-state index contributed by atoms with van der Waals surface area (Å²) in [6.07, 6.45) is 2.76. The van der Waals surface area contributed by atoms with Crippen LogP contribution in [-0.2, 0) is 14.8 Å². The minimum atomic E-state index is -3.37. The van der Waals surface area contributed by atoms with Crippen molar-refractivity contribution in [2.24, 2.45) is 0 Å². The number of likely N-dealkylation sites (N-methyl/N-ethyl adjacent to an activating group) is 1. The molecule has 2 aromatic heterocycles. The molecule has 3 N–H and O–H groups in total.